The third-order valence-electron chi connectivity index (χ3n) is 2.11. The number of hydrogen-bond acceptors (Lipinski definition) is 4. The molecule has 0 atom stereocenters. The molecule has 0 unspecified atom stereocenters. The molecule has 15 heavy (non-hydrogen) atoms. The maximum Gasteiger partial charge on any atom is 0.155 e. The molecule has 0 aliphatic carbocycles. The van der Waals surface area contributed by atoms with Crippen molar-refractivity contribution in [3.63, 3.8) is 0 Å². The lowest BCUT2D eigenvalue weighted by molar-refractivity contribution is 0.556. The van der Waals surface area contributed by atoms with Crippen molar-refractivity contribution < 1.29 is 16.8 Å². The maximum absolute atomic E-state index is 11.6. The van der Waals surface area contributed by atoms with E-state index in [1.807, 2.05) is 0 Å². The fourth-order valence-electron chi connectivity index (χ4n) is 0.963. The van der Waals surface area contributed by atoms with E-state index in [-0.39, 0.29) is 11.5 Å². The van der Waals surface area contributed by atoms with E-state index in [1.54, 1.807) is 20.8 Å². The van der Waals surface area contributed by atoms with Crippen molar-refractivity contribution in [2.24, 2.45) is 0 Å². The van der Waals surface area contributed by atoms with Crippen molar-refractivity contribution >= 4 is 19.7 Å². The first-order valence-electron chi connectivity index (χ1n) is 4.86. The van der Waals surface area contributed by atoms with E-state index in [9.17, 15) is 16.8 Å². The van der Waals surface area contributed by atoms with Crippen LogP contribution in [0.2, 0.25) is 0 Å². The summed E-state index contributed by atoms with van der Waals surface area (Å²) in [5.74, 6) is 0.124. The first-order valence-corrected chi connectivity index (χ1v) is 8.57. The van der Waals surface area contributed by atoms with Gasteiger partial charge in [0.15, 0.2) is 9.84 Å². The van der Waals surface area contributed by atoms with Gasteiger partial charge in [-0.1, -0.05) is 0 Å². The van der Waals surface area contributed by atoms with Crippen LogP contribution in [0.5, 0.6) is 0 Å². The highest BCUT2D eigenvalue weighted by molar-refractivity contribution is 7.92. The largest absolute Gasteiger partial charge is 0.229 e. The van der Waals surface area contributed by atoms with Gasteiger partial charge < -0.3 is 0 Å². The number of hydrogen-bond donors (Lipinski definition) is 0. The molecule has 0 aliphatic heterocycles. The van der Waals surface area contributed by atoms with Crippen LogP contribution in [0.3, 0.4) is 0 Å². The summed E-state index contributed by atoms with van der Waals surface area (Å²) in [5, 5.41) is 0. The molecule has 0 spiro atoms. The first-order chi connectivity index (χ1) is 6.46. The fraction of sp³-hybridized carbons (Fsp3) is 1.00. The highest BCUT2D eigenvalue weighted by atomic mass is 32.2. The van der Waals surface area contributed by atoms with Crippen LogP contribution in [0.4, 0.5) is 0 Å². The summed E-state index contributed by atoms with van der Waals surface area (Å²) < 4.78 is 44.1. The Hall–Kier alpha value is -0.100. The van der Waals surface area contributed by atoms with E-state index >= 15 is 0 Å². The lowest BCUT2D eigenvalue weighted by Gasteiger charge is -2.18. The summed E-state index contributed by atoms with van der Waals surface area (Å²) in [6.07, 6.45) is 1.98. The van der Waals surface area contributed by atoms with Crippen molar-refractivity contribution in [3.8, 4) is 0 Å². The Morgan fingerprint density at radius 3 is 1.60 bits per heavy atom. The van der Waals surface area contributed by atoms with E-state index in [0.29, 0.717) is 12.8 Å². The molecule has 0 bridgehead atoms. The summed E-state index contributed by atoms with van der Waals surface area (Å²) in [4.78, 5) is 0. The van der Waals surface area contributed by atoms with Crippen LogP contribution >= 0.6 is 0 Å². The second-order valence-electron chi connectivity index (χ2n) is 4.77. The SMILES string of the molecule is CC(C)(C)S(=O)(=O)CCCCS(C)(=O)=O. The molecule has 6 heteroatoms. The van der Waals surface area contributed by atoms with Crippen LogP contribution in [-0.2, 0) is 19.7 Å². The first kappa shape index (κ1) is 14.9. The molecule has 92 valence electrons. The van der Waals surface area contributed by atoms with Gasteiger partial charge in [-0.05, 0) is 33.6 Å². The lowest BCUT2D eigenvalue weighted by atomic mass is 10.3. The molecule has 0 radical (unpaired) electrons. The van der Waals surface area contributed by atoms with Gasteiger partial charge in [0.25, 0.3) is 0 Å². The van der Waals surface area contributed by atoms with Crippen LogP contribution in [0.25, 0.3) is 0 Å². The van der Waals surface area contributed by atoms with Crippen molar-refractivity contribution in [1.29, 1.82) is 0 Å². The number of sulfone groups is 2. The third kappa shape index (κ3) is 6.14. The Morgan fingerprint density at radius 2 is 1.27 bits per heavy atom. The summed E-state index contributed by atoms with van der Waals surface area (Å²) in [7, 11) is -6.08. The van der Waals surface area contributed by atoms with Gasteiger partial charge in [-0.3, -0.25) is 0 Å². The Balaban J connectivity index is 4.10. The van der Waals surface area contributed by atoms with Gasteiger partial charge in [-0.2, -0.15) is 0 Å². The Kier molecular flexibility index (Phi) is 4.79. The normalized spacial score (nSPS) is 14.1. The smallest absolute Gasteiger partial charge is 0.155 e. The van der Waals surface area contributed by atoms with Crippen molar-refractivity contribution in [1.82, 2.24) is 0 Å². The van der Waals surface area contributed by atoms with Gasteiger partial charge in [0.05, 0.1) is 10.5 Å². The molecule has 0 amide bonds. The minimum atomic E-state index is -3.11. The van der Waals surface area contributed by atoms with E-state index < -0.39 is 24.4 Å². The van der Waals surface area contributed by atoms with Crippen LogP contribution < -0.4 is 0 Å². The van der Waals surface area contributed by atoms with Crippen LogP contribution in [0.1, 0.15) is 33.6 Å². The topological polar surface area (TPSA) is 68.3 Å². The molecule has 0 aromatic heterocycles. The van der Waals surface area contributed by atoms with Crippen LogP contribution in [-0.4, -0.2) is 39.3 Å². The molecular formula is C9H20O4S2. The highest BCUT2D eigenvalue weighted by Crippen LogP contribution is 2.17. The molecule has 0 fully saturated rings. The molecular weight excluding hydrogens is 236 g/mol. The molecule has 0 aliphatic rings. The predicted molar refractivity (Wildman–Crippen MR) is 62.5 cm³/mol. The summed E-state index contributed by atoms with van der Waals surface area (Å²) in [5.41, 5.74) is 0. The second kappa shape index (κ2) is 4.82. The molecule has 0 rings (SSSR count). The summed E-state index contributed by atoms with van der Waals surface area (Å²) in [6.45, 7) is 4.96. The maximum atomic E-state index is 11.6. The molecule has 0 aromatic rings. The van der Waals surface area contributed by atoms with E-state index in [2.05, 4.69) is 0 Å². The lowest BCUT2D eigenvalue weighted by Crippen LogP contribution is -2.30. The minimum Gasteiger partial charge on any atom is -0.229 e. The van der Waals surface area contributed by atoms with E-state index in [1.165, 1.54) is 0 Å². The van der Waals surface area contributed by atoms with Gasteiger partial charge in [0, 0.05) is 12.0 Å². The molecule has 0 aromatic carbocycles. The van der Waals surface area contributed by atoms with Crippen molar-refractivity contribution in [2.45, 2.75) is 38.4 Å². The van der Waals surface area contributed by atoms with Crippen molar-refractivity contribution in [2.75, 3.05) is 17.8 Å². The average Bonchev–Trinajstić information content (AvgIpc) is 1.94. The summed E-state index contributed by atoms with van der Waals surface area (Å²) in [6, 6.07) is 0. The Labute approximate surface area is 92.9 Å². The van der Waals surface area contributed by atoms with E-state index in [4.69, 9.17) is 0 Å². The molecule has 0 saturated carbocycles. The average molecular weight is 256 g/mol. The fourth-order valence-corrected chi connectivity index (χ4v) is 2.89. The van der Waals surface area contributed by atoms with Gasteiger partial charge in [0.2, 0.25) is 0 Å². The van der Waals surface area contributed by atoms with Gasteiger partial charge in [0.1, 0.15) is 9.84 Å². The molecule has 0 saturated heterocycles. The monoisotopic (exact) mass is 256 g/mol. The zero-order valence-electron chi connectivity index (χ0n) is 9.78. The zero-order chi connectivity index (χ0) is 12.3. The molecule has 0 heterocycles. The standard InChI is InChI=1S/C9H20O4S2/c1-9(2,3)15(12,13)8-6-5-7-14(4,10)11/h5-8H2,1-4H3. The van der Waals surface area contributed by atoms with Gasteiger partial charge in [-0.25, -0.2) is 16.8 Å². The third-order valence-corrected chi connectivity index (χ3v) is 5.83. The van der Waals surface area contributed by atoms with Crippen LogP contribution in [0, 0.1) is 0 Å². The van der Waals surface area contributed by atoms with Gasteiger partial charge >= 0.3 is 0 Å². The molecule has 4 nitrogen and oxygen atoms in total. The second-order valence-corrected chi connectivity index (χ2v) is 9.89. The van der Waals surface area contributed by atoms with Gasteiger partial charge in [-0.15, -0.1) is 0 Å². The Morgan fingerprint density at radius 1 is 0.867 bits per heavy atom. The number of unbranched alkanes of at least 4 members (excludes halogenated alkanes) is 1. The molecule has 0 N–H and O–H groups in total. The number of rotatable bonds is 5. The van der Waals surface area contributed by atoms with E-state index in [0.717, 1.165) is 6.26 Å². The van der Waals surface area contributed by atoms with Crippen LogP contribution in [0.15, 0.2) is 0 Å². The summed E-state index contributed by atoms with van der Waals surface area (Å²) >= 11 is 0. The Bertz CT molecular complexity index is 384. The highest BCUT2D eigenvalue weighted by Gasteiger charge is 2.28. The predicted octanol–water partition coefficient (Wildman–Crippen LogP) is 1.02. The quantitative estimate of drug-likeness (QED) is 0.689. The van der Waals surface area contributed by atoms with Crippen molar-refractivity contribution in [3.05, 3.63) is 0 Å². The minimum absolute atomic E-state index is 0.0615. The zero-order valence-corrected chi connectivity index (χ0v) is 11.4.